The molecule has 15 aromatic carbocycles. The van der Waals surface area contributed by atoms with E-state index in [1.807, 2.05) is 215 Å². The minimum absolute atomic E-state index is 0.116. The molecule has 0 fully saturated rings. The Morgan fingerprint density at radius 3 is 0.912 bits per heavy atom. The molecule has 0 spiro atoms. The molecule has 0 aliphatic heterocycles. The van der Waals surface area contributed by atoms with E-state index in [2.05, 4.69) is 153 Å². The Labute approximate surface area is 728 Å². The lowest BCUT2D eigenvalue weighted by molar-refractivity contribution is 0.324. The standard InChI is InChI=1S/C39H32N2O4.C36H25ClN2O.C36H25FN2O/c1-25-10-16-31-22-28(13-17-30(31)20-25)12-11-27-14-18-34(26(2)21-27)41-37(40-33-9-7-6-8-32(33)39(41)42)19-15-29-23-35(43-3)38(45-5)36(24-29)44-4;2*1-24-7-15-30-23-28(10-16-29(30)21-24)9-8-27-13-19-34(25(2)22-27)39-35(20-14-26-11-17-31(37)18-12-26)38-33-6-4-3-5-32(33)36(39)40/h6-10,13-24H,1-5H3;2*3-7,10-23H,1-2H3/b19-15+;2*20-14+. The maximum absolute atomic E-state index is 13.9. The normalized spacial score (nSPS) is 11.1. The average molecular weight is 1650 g/mol. The zero-order chi connectivity index (χ0) is 86.8. The van der Waals surface area contributed by atoms with E-state index in [1.165, 1.54) is 50.4 Å². The third kappa shape index (κ3) is 18.8. The van der Waals surface area contributed by atoms with Crippen molar-refractivity contribution in [3.8, 4) is 69.8 Å². The van der Waals surface area contributed by atoms with Crippen LogP contribution in [0, 0.1) is 82.9 Å². The van der Waals surface area contributed by atoms with Crippen molar-refractivity contribution in [2.24, 2.45) is 0 Å². The van der Waals surface area contributed by atoms with Gasteiger partial charge in [0.15, 0.2) is 11.5 Å². The van der Waals surface area contributed by atoms with Gasteiger partial charge in [-0.2, -0.15) is 0 Å². The molecule has 0 aliphatic rings. The number of para-hydroxylation sites is 3. The molecule has 0 saturated heterocycles. The van der Waals surface area contributed by atoms with Crippen molar-refractivity contribution < 1.29 is 18.6 Å². The summed E-state index contributed by atoms with van der Waals surface area (Å²) in [6.07, 6.45) is 11.1. The van der Waals surface area contributed by atoms with E-state index in [0.29, 0.717) is 72.5 Å². The van der Waals surface area contributed by atoms with Gasteiger partial charge in [-0.3, -0.25) is 28.1 Å². The van der Waals surface area contributed by atoms with Crippen molar-refractivity contribution in [2.45, 2.75) is 41.5 Å². The lowest BCUT2D eigenvalue weighted by Gasteiger charge is -2.15. The van der Waals surface area contributed by atoms with Crippen molar-refractivity contribution >= 4 is 113 Å². The first kappa shape index (κ1) is 82.7. The molecule has 0 atom stereocenters. The molecule has 3 heterocycles. The molecule has 0 radical (unpaired) electrons. The van der Waals surface area contributed by atoms with Gasteiger partial charge < -0.3 is 14.2 Å². The molecule has 0 amide bonds. The highest BCUT2D eigenvalue weighted by molar-refractivity contribution is 6.30. The third-order valence-corrected chi connectivity index (χ3v) is 21.7. The second-order valence-electron chi connectivity index (χ2n) is 30.4. The predicted octanol–water partition coefficient (Wildman–Crippen LogP) is 24.0. The highest BCUT2D eigenvalue weighted by Crippen LogP contribution is 2.39. The molecule has 18 rings (SSSR count). The summed E-state index contributed by atoms with van der Waals surface area (Å²) in [5.74, 6) is 22.5. The summed E-state index contributed by atoms with van der Waals surface area (Å²) < 4.78 is 34.8. The van der Waals surface area contributed by atoms with Gasteiger partial charge in [0.25, 0.3) is 16.7 Å². The Morgan fingerprint density at radius 2 is 0.592 bits per heavy atom. The molecule has 0 saturated carbocycles. The number of halogens is 2. The molecule has 12 nitrogen and oxygen atoms in total. The molecule has 0 bridgehead atoms. The van der Waals surface area contributed by atoms with E-state index in [1.54, 1.807) is 65.4 Å². The number of methoxy groups -OCH3 is 3. The molecule has 18 aromatic rings. The average Bonchev–Trinajstić information content (AvgIpc) is 0.772. The molecular weight excluding hydrogens is 1570 g/mol. The topological polar surface area (TPSA) is 132 Å². The summed E-state index contributed by atoms with van der Waals surface area (Å²) in [6.45, 7) is 12.2. The van der Waals surface area contributed by atoms with Crippen LogP contribution in [0.3, 0.4) is 0 Å². The summed E-state index contributed by atoms with van der Waals surface area (Å²) in [5.41, 5.74) is 18.2. The fourth-order valence-corrected chi connectivity index (χ4v) is 15.2. The van der Waals surface area contributed by atoms with Crippen molar-refractivity contribution in [3.63, 3.8) is 0 Å². The second kappa shape index (κ2) is 36.9. The largest absolute Gasteiger partial charge is 0.493 e. The van der Waals surface area contributed by atoms with Crippen molar-refractivity contribution in [2.75, 3.05) is 21.3 Å². The highest BCUT2D eigenvalue weighted by Gasteiger charge is 2.19. The Balaban J connectivity index is 0.000000139. The lowest BCUT2D eigenvalue weighted by Crippen LogP contribution is -2.23. The first-order valence-electron chi connectivity index (χ1n) is 40.6. The van der Waals surface area contributed by atoms with Crippen LogP contribution in [0.25, 0.3) is 119 Å². The summed E-state index contributed by atoms with van der Waals surface area (Å²) in [4.78, 5) is 55.8. The van der Waals surface area contributed by atoms with Gasteiger partial charge in [0.05, 0.1) is 71.1 Å². The molecule has 3 aromatic heterocycles. The number of aromatic nitrogens is 6. The zero-order valence-electron chi connectivity index (χ0n) is 70.1. The molecule has 0 unspecified atom stereocenters. The van der Waals surface area contributed by atoms with Crippen LogP contribution in [-0.2, 0) is 0 Å². The van der Waals surface area contributed by atoms with Gasteiger partial charge in [-0.15, -0.1) is 0 Å². The number of ether oxygens (including phenoxy) is 3. The Bertz CT molecular complexity index is 7490. The van der Waals surface area contributed by atoms with Crippen molar-refractivity contribution in [1.82, 2.24) is 28.7 Å². The monoisotopic (exact) mass is 1650 g/mol. The van der Waals surface area contributed by atoms with Crippen molar-refractivity contribution in [1.29, 1.82) is 0 Å². The van der Waals surface area contributed by atoms with Crippen LogP contribution in [-0.4, -0.2) is 50.0 Å². The SMILES string of the molecule is COc1cc(/C=C/c2nc3ccccc3c(=O)n2-c2ccc(C#Cc3ccc4cc(C)ccc4c3)cc2C)cc(OC)c1OC.Cc1ccc2cc(C#Cc3ccc(-n4c(/C=C/c5ccc(Cl)cc5)nc5ccccc5c4=O)c(C)c3)ccc2c1.Cc1ccc2cc(C#Cc3ccc(-n4c(/C=C/c5ccc(F)cc5)nc5ccccc5c4=O)c(C)c3)ccc2c1. The van der Waals surface area contributed by atoms with Crippen LogP contribution in [0.1, 0.15) is 101 Å². The minimum Gasteiger partial charge on any atom is -0.493 e. The van der Waals surface area contributed by atoms with Crippen LogP contribution in [0.2, 0.25) is 5.02 Å². The van der Waals surface area contributed by atoms with Gasteiger partial charge in [-0.05, 0) is 289 Å². The summed E-state index contributed by atoms with van der Waals surface area (Å²) in [5, 5.41) is 9.42. The van der Waals surface area contributed by atoms with Gasteiger partial charge in [0.2, 0.25) is 5.75 Å². The zero-order valence-corrected chi connectivity index (χ0v) is 70.9. The number of hydrogen-bond donors (Lipinski definition) is 0. The smallest absolute Gasteiger partial charge is 0.266 e. The number of rotatable bonds is 12. The van der Waals surface area contributed by atoms with E-state index < -0.39 is 0 Å². The minimum atomic E-state index is -0.299. The quantitative estimate of drug-likeness (QED) is 0.110. The van der Waals surface area contributed by atoms with Gasteiger partial charge >= 0.3 is 0 Å². The molecule has 606 valence electrons. The van der Waals surface area contributed by atoms with Crippen LogP contribution >= 0.6 is 11.6 Å². The van der Waals surface area contributed by atoms with Crippen LogP contribution in [0.5, 0.6) is 17.2 Å². The van der Waals surface area contributed by atoms with Gasteiger partial charge in [-0.25, -0.2) is 19.3 Å². The van der Waals surface area contributed by atoms with Gasteiger partial charge in [0, 0.05) is 38.4 Å². The number of aryl methyl sites for hydroxylation is 6. The summed E-state index contributed by atoms with van der Waals surface area (Å²) >= 11 is 6.04. The fraction of sp³-hybridized carbons (Fsp3) is 0.0811. The molecule has 125 heavy (non-hydrogen) atoms. The first-order valence-corrected chi connectivity index (χ1v) is 41.0. The fourth-order valence-electron chi connectivity index (χ4n) is 15.1. The number of fused-ring (bicyclic) bond motifs is 6. The summed E-state index contributed by atoms with van der Waals surface area (Å²) in [7, 11) is 4.72. The van der Waals surface area contributed by atoms with Crippen LogP contribution in [0.4, 0.5) is 4.39 Å². The highest BCUT2D eigenvalue weighted by atomic mass is 35.5. The van der Waals surface area contributed by atoms with E-state index in [-0.39, 0.29) is 22.5 Å². The van der Waals surface area contributed by atoms with Crippen LogP contribution in [0.15, 0.2) is 312 Å². The molecular formula is C111H82ClFN6O6. The van der Waals surface area contributed by atoms with E-state index in [0.717, 1.165) is 94.6 Å². The Kier molecular flexibility index (Phi) is 24.4. The number of hydrogen-bond acceptors (Lipinski definition) is 9. The Morgan fingerprint density at radius 1 is 0.304 bits per heavy atom. The third-order valence-electron chi connectivity index (χ3n) is 21.5. The van der Waals surface area contributed by atoms with E-state index in [9.17, 15) is 18.8 Å². The second-order valence-corrected chi connectivity index (χ2v) is 30.8. The van der Waals surface area contributed by atoms with Gasteiger partial charge in [0.1, 0.15) is 23.3 Å². The number of benzene rings is 15. The lowest BCUT2D eigenvalue weighted by atomic mass is 10.0. The maximum Gasteiger partial charge on any atom is 0.266 e. The number of nitrogens with zero attached hydrogens (tertiary/aromatic N) is 6. The van der Waals surface area contributed by atoms with E-state index >= 15 is 0 Å². The van der Waals surface area contributed by atoms with Crippen molar-refractivity contribution in [3.05, 3.63) is 440 Å². The Hall–Kier alpha value is -16.0. The molecule has 0 N–H and O–H groups in total. The first-order chi connectivity index (χ1) is 60.8. The molecule has 0 aliphatic carbocycles. The van der Waals surface area contributed by atoms with E-state index in [4.69, 9.17) is 40.8 Å². The van der Waals surface area contributed by atoms with Gasteiger partial charge in [-0.1, -0.05) is 216 Å². The predicted molar refractivity (Wildman–Crippen MR) is 511 cm³/mol. The maximum atomic E-state index is 13.9. The summed E-state index contributed by atoms with van der Waals surface area (Å²) in [6, 6.07) is 95.1. The van der Waals surface area contributed by atoms with Crippen LogP contribution < -0.4 is 30.9 Å². The molecule has 14 heteroatoms.